The van der Waals surface area contributed by atoms with E-state index in [4.69, 9.17) is 0 Å². The van der Waals surface area contributed by atoms with Crippen LogP contribution in [0.1, 0.15) is 29.2 Å². The molecule has 0 unspecified atom stereocenters. The SMILES string of the molecule is CC(c1ccc(C2(C(F)(F)F)N=N2)cc1)(c1ccc(C2(C(F)(F)F)N=N2)cc1)C(F)(F)F. The summed E-state index contributed by atoms with van der Waals surface area (Å²) in [4.78, 5) is 0. The largest absolute Gasteiger partial charge is 0.442 e. The van der Waals surface area contributed by atoms with Gasteiger partial charge in [-0.15, -0.1) is 20.5 Å². The number of nitrogens with zero attached hydrogens (tertiary/aromatic N) is 4. The Morgan fingerprint density at radius 3 is 1.00 bits per heavy atom. The van der Waals surface area contributed by atoms with Crippen molar-refractivity contribution in [3.05, 3.63) is 70.8 Å². The van der Waals surface area contributed by atoms with E-state index in [1.165, 1.54) is 0 Å². The van der Waals surface area contributed by atoms with E-state index in [1.807, 2.05) is 0 Å². The smallest absolute Gasteiger partial charge is 0.170 e. The van der Waals surface area contributed by atoms with Crippen molar-refractivity contribution in [2.75, 3.05) is 0 Å². The van der Waals surface area contributed by atoms with Gasteiger partial charge in [-0.2, -0.15) is 39.5 Å². The highest BCUT2D eigenvalue weighted by atomic mass is 19.4. The molecule has 4 rings (SSSR count). The third kappa shape index (κ3) is 3.00. The average Bonchev–Trinajstić information content (AvgIpc) is 3.59. The van der Waals surface area contributed by atoms with E-state index in [2.05, 4.69) is 20.5 Å². The molecule has 0 N–H and O–H groups in total. The average molecular weight is 466 g/mol. The molecule has 0 saturated carbocycles. The lowest BCUT2D eigenvalue weighted by Gasteiger charge is -2.33. The topological polar surface area (TPSA) is 49.4 Å². The highest BCUT2D eigenvalue weighted by Crippen LogP contribution is 2.54. The van der Waals surface area contributed by atoms with E-state index in [0.717, 1.165) is 55.5 Å². The predicted molar refractivity (Wildman–Crippen MR) is 90.6 cm³/mol. The molecule has 13 heteroatoms. The third-order valence-electron chi connectivity index (χ3n) is 5.69. The number of hydrogen-bond acceptors (Lipinski definition) is 4. The van der Waals surface area contributed by atoms with E-state index in [9.17, 15) is 39.5 Å². The van der Waals surface area contributed by atoms with E-state index in [1.54, 1.807) is 0 Å². The van der Waals surface area contributed by atoms with Gasteiger partial charge >= 0.3 is 29.9 Å². The summed E-state index contributed by atoms with van der Waals surface area (Å²) in [6.07, 6.45) is -14.6. The molecule has 170 valence electrons. The van der Waals surface area contributed by atoms with Crippen molar-refractivity contribution in [1.29, 1.82) is 0 Å². The molecule has 2 aromatic rings. The Morgan fingerprint density at radius 1 is 0.531 bits per heavy atom. The summed E-state index contributed by atoms with van der Waals surface area (Å²) in [5.41, 5.74) is -10.0. The van der Waals surface area contributed by atoms with E-state index < -0.39 is 57.5 Å². The van der Waals surface area contributed by atoms with Gasteiger partial charge < -0.3 is 0 Å². The van der Waals surface area contributed by atoms with Crippen LogP contribution in [-0.2, 0) is 16.7 Å². The molecule has 2 aliphatic rings. The lowest BCUT2D eigenvalue weighted by atomic mass is 9.74. The number of halogens is 9. The maximum absolute atomic E-state index is 14.1. The van der Waals surface area contributed by atoms with Gasteiger partial charge in [-0.3, -0.25) is 0 Å². The van der Waals surface area contributed by atoms with Gasteiger partial charge in [-0.05, 0) is 18.1 Å². The summed E-state index contributed by atoms with van der Waals surface area (Å²) in [5.74, 6) is 0. The molecule has 2 aliphatic heterocycles. The Kier molecular flexibility index (Phi) is 4.36. The first-order chi connectivity index (χ1) is 14.6. The van der Waals surface area contributed by atoms with E-state index >= 15 is 0 Å². The molecule has 32 heavy (non-hydrogen) atoms. The van der Waals surface area contributed by atoms with E-state index in [0.29, 0.717) is 0 Å². The first kappa shape index (κ1) is 22.2. The van der Waals surface area contributed by atoms with Crippen LogP contribution in [0.25, 0.3) is 0 Å². The minimum Gasteiger partial charge on any atom is -0.170 e. The van der Waals surface area contributed by atoms with Gasteiger partial charge in [0.2, 0.25) is 0 Å². The standard InChI is InChI=1S/C19H11F9N4/c1-14(17(20,21)22,10-2-6-12(7-3-10)15(29-30-15)18(23,24)25)11-4-8-13(9-5-11)16(31-32-16)19(26,27)28/h2-9H,1H3. The van der Waals surface area contributed by atoms with Crippen LogP contribution in [-0.4, -0.2) is 18.5 Å². The van der Waals surface area contributed by atoms with Crippen LogP contribution in [0.5, 0.6) is 0 Å². The zero-order valence-corrected chi connectivity index (χ0v) is 15.8. The molecule has 0 fully saturated rings. The highest BCUT2D eigenvalue weighted by Gasteiger charge is 2.66. The van der Waals surface area contributed by atoms with Crippen molar-refractivity contribution in [3.63, 3.8) is 0 Å². The molecule has 2 heterocycles. The number of rotatable bonds is 4. The summed E-state index contributed by atoms with van der Waals surface area (Å²) < 4.78 is 121. The fraction of sp³-hybridized carbons (Fsp3) is 0.368. The third-order valence-corrected chi connectivity index (χ3v) is 5.69. The second-order valence-corrected chi connectivity index (χ2v) is 7.52. The van der Waals surface area contributed by atoms with Crippen LogP contribution < -0.4 is 0 Å². The minimum atomic E-state index is -4.93. The Morgan fingerprint density at radius 2 is 0.812 bits per heavy atom. The first-order valence-corrected chi connectivity index (χ1v) is 8.89. The van der Waals surface area contributed by atoms with Crippen molar-refractivity contribution >= 4 is 0 Å². The zero-order chi connectivity index (χ0) is 23.8. The number of hydrogen-bond donors (Lipinski definition) is 0. The van der Waals surface area contributed by atoms with Crippen molar-refractivity contribution in [1.82, 2.24) is 0 Å². The summed E-state index contributed by atoms with van der Waals surface area (Å²) >= 11 is 0. The summed E-state index contributed by atoms with van der Waals surface area (Å²) in [7, 11) is 0. The quantitative estimate of drug-likeness (QED) is 0.440. The van der Waals surface area contributed by atoms with E-state index in [-0.39, 0.29) is 0 Å². The number of benzene rings is 2. The molecule has 0 amide bonds. The fourth-order valence-electron chi connectivity index (χ4n) is 3.45. The predicted octanol–water partition coefficient (Wildman–Crippen LogP) is 6.92. The van der Waals surface area contributed by atoms with Crippen LogP contribution in [0.3, 0.4) is 0 Å². The van der Waals surface area contributed by atoms with Gasteiger partial charge in [0.15, 0.2) is 0 Å². The van der Waals surface area contributed by atoms with Gasteiger partial charge in [0.1, 0.15) is 5.41 Å². The lowest BCUT2D eigenvalue weighted by molar-refractivity contribution is -0.173. The van der Waals surface area contributed by atoms with Crippen molar-refractivity contribution in [3.8, 4) is 0 Å². The molecule has 2 aromatic carbocycles. The maximum Gasteiger partial charge on any atom is 0.442 e. The van der Waals surface area contributed by atoms with Crippen molar-refractivity contribution in [2.24, 2.45) is 20.5 Å². The molecule has 0 aromatic heterocycles. The molecule has 0 bridgehead atoms. The first-order valence-electron chi connectivity index (χ1n) is 8.89. The fourth-order valence-corrected chi connectivity index (χ4v) is 3.45. The molecule has 4 nitrogen and oxygen atoms in total. The van der Waals surface area contributed by atoms with Gasteiger partial charge in [0.25, 0.3) is 0 Å². The van der Waals surface area contributed by atoms with Crippen molar-refractivity contribution in [2.45, 2.75) is 42.2 Å². The van der Waals surface area contributed by atoms with Gasteiger partial charge in [0.05, 0.1) is 0 Å². The zero-order valence-electron chi connectivity index (χ0n) is 15.8. The molecule has 0 aliphatic carbocycles. The van der Waals surface area contributed by atoms with Crippen LogP contribution in [0.2, 0.25) is 0 Å². The van der Waals surface area contributed by atoms with Gasteiger partial charge in [0, 0.05) is 11.1 Å². The second kappa shape index (κ2) is 6.29. The highest BCUT2D eigenvalue weighted by molar-refractivity contribution is 5.45. The van der Waals surface area contributed by atoms with Crippen LogP contribution in [0.15, 0.2) is 69.0 Å². The molecule has 0 atom stereocenters. The Bertz CT molecular complexity index is 1000. The minimum absolute atomic E-state index is 0.411. The summed E-state index contributed by atoms with van der Waals surface area (Å²) in [6, 6.07) is 6.88. The monoisotopic (exact) mass is 466 g/mol. The Hall–Kier alpha value is -2.99. The normalized spacial score (nSPS) is 19.2. The van der Waals surface area contributed by atoms with Crippen LogP contribution >= 0.6 is 0 Å². The molecule has 0 radical (unpaired) electrons. The molecular formula is C19H11F9N4. The number of alkyl halides is 9. The lowest BCUT2D eigenvalue weighted by Crippen LogP contribution is -2.41. The summed E-state index contributed by atoms with van der Waals surface area (Å²) in [5, 5.41) is 12.0. The Labute approximate surface area is 173 Å². The van der Waals surface area contributed by atoms with Gasteiger partial charge in [-0.25, -0.2) is 0 Å². The molecule has 0 saturated heterocycles. The second-order valence-electron chi connectivity index (χ2n) is 7.52. The van der Waals surface area contributed by atoms with Crippen LogP contribution in [0.4, 0.5) is 39.5 Å². The van der Waals surface area contributed by atoms with Gasteiger partial charge in [-0.1, -0.05) is 48.5 Å². The molecular weight excluding hydrogens is 455 g/mol. The Balaban J connectivity index is 1.72. The molecule has 0 spiro atoms. The summed E-state index contributed by atoms with van der Waals surface area (Å²) in [6.45, 7) is 0.786. The maximum atomic E-state index is 14.1. The van der Waals surface area contributed by atoms with Crippen molar-refractivity contribution < 1.29 is 39.5 Å². The van der Waals surface area contributed by atoms with Crippen LogP contribution in [0, 0.1) is 0 Å².